The Balaban J connectivity index is 2.02. The predicted octanol–water partition coefficient (Wildman–Crippen LogP) is 4.85. The van der Waals surface area contributed by atoms with Crippen molar-refractivity contribution in [3.05, 3.63) is 58.3 Å². The van der Waals surface area contributed by atoms with Crippen molar-refractivity contribution in [3.63, 3.8) is 0 Å². The molecule has 20 heavy (non-hydrogen) atoms. The van der Waals surface area contributed by atoms with Gasteiger partial charge in [-0.25, -0.2) is 4.39 Å². The van der Waals surface area contributed by atoms with Crippen molar-refractivity contribution in [2.45, 2.75) is 0 Å². The summed E-state index contributed by atoms with van der Waals surface area (Å²) in [6, 6.07) is 11.1. The molecule has 2 aromatic carbocycles. The Bertz CT molecular complexity index is 773. The first-order valence-electron chi connectivity index (χ1n) is 5.69. The second-order valence-corrected chi connectivity index (χ2v) is 4.84. The molecule has 0 saturated carbocycles. The van der Waals surface area contributed by atoms with Crippen LogP contribution in [0.5, 0.6) is 0 Å². The van der Waals surface area contributed by atoms with Crippen LogP contribution in [0.4, 0.5) is 4.39 Å². The summed E-state index contributed by atoms with van der Waals surface area (Å²) in [5, 5.41) is 8.55. The van der Waals surface area contributed by atoms with E-state index in [4.69, 9.17) is 27.6 Å². The minimum atomic E-state index is -0.420. The van der Waals surface area contributed by atoms with Crippen LogP contribution in [0.2, 0.25) is 10.0 Å². The highest BCUT2D eigenvalue weighted by atomic mass is 35.5. The van der Waals surface area contributed by atoms with E-state index in [1.807, 2.05) is 0 Å². The fraction of sp³-hybridized carbons (Fsp3) is 0. The Morgan fingerprint density at radius 2 is 1.65 bits per heavy atom. The van der Waals surface area contributed by atoms with Gasteiger partial charge in [0.1, 0.15) is 5.82 Å². The van der Waals surface area contributed by atoms with Gasteiger partial charge in [-0.1, -0.05) is 35.3 Å². The van der Waals surface area contributed by atoms with E-state index in [1.165, 1.54) is 6.07 Å². The molecule has 0 atom stereocenters. The number of hydrogen-bond donors (Lipinski definition) is 0. The molecule has 0 bridgehead atoms. The smallest absolute Gasteiger partial charge is 0.251 e. The maximum Gasteiger partial charge on any atom is 0.251 e. The Morgan fingerprint density at radius 1 is 0.900 bits per heavy atom. The molecule has 0 saturated heterocycles. The maximum atomic E-state index is 13.6. The Hall–Kier alpha value is -1.91. The summed E-state index contributed by atoms with van der Waals surface area (Å²) in [6.07, 6.45) is 0. The first-order valence-corrected chi connectivity index (χ1v) is 6.44. The molecule has 6 heteroatoms. The van der Waals surface area contributed by atoms with Crippen LogP contribution in [0.3, 0.4) is 0 Å². The van der Waals surface area contributed by atoms with Crippen LogP contribution in [0, 0.1) is 5.82 Å². The Labute approximate surface area is 124 Å². The molecule has 0 aliphatic carbocycles. The van der Waals surface area contributed by atoms with Crippen LogP contribution in [0.15, 0.2) is 46.9 Å². The van der Waals surface area contributed by atoms with E-state index in [1.54, 1.807) is 36.4 Å². The highest BCUT2D eigenvalue weighted by Crippen LogP contribution is 2.30. The summed E-state index contributed by atoms with van der Waals surface area (Å²) in [4.78, 5) is 0. The number of benzene rings is 2. The lowest BCUT2D eigenvalue weighted by Crippen LogP contribution is -1.82. The van der Waals surface area contributed by atoms with Gasteiger partial charge in [0.25, 0.3) is 5.89 Å². The van der Waals surface area contributed by atoms with Crippen molar-refractivity contribution in [2.75, 3.05) is 0 Å². The first kappa shape index (κ1) is 13.1. The van der Waals surface area contributed by atoms with Crippen molar-refractivity contribution < 1.29 is 8.81 Å². The Morgan fingerprint density at radius 3 is 2.40 bits per heavy atom. The molecule has 0 aliphatic heterocycles. The second-order valence-electron chi connectivity index (χ2n) is 4.02. The number of halogens is 3. The van der Waals surface area contributed by atoms with Gasteiger partial charge in [0.05, 0.1) is 15.6 Å². The van der Waals surface area contributed by atoms with Crippen molar-refractivity contribution in [3.8, 4) is 22.9 Å². The lowest BCUT2D eigenvalue weighted by Gasteiger charge is -1.98. The SMILES string of the molecule is Fc1ccccc1-c1nnc(-c2ccc(Cl)c(Cl)c2)o1. The fourth-order valence-electron chi connectivity index (χ4n) is 1.71. The summed E-state index contributed by atoms with van der Waals surface area (Å²) in [6.45, 7) is 0. The highest BCUT2D eigenvalue weighted by Gasteiger charge is 2.14. The van der Waals surface area contributed by atoms with Gasteiger partial charge < -0.3 is 4.42 Å². The monoisotopic (exact) mass is 308 g/mol. The molecular weight excluding hydrogens is 302 g/mol. The zero-order valence-electron chi connectivity index (χ0n) is 9.98. The molecule has 3 nitrogen and oxygen atoms in total. The molecule has 0 amide bonds. The predicted molar refractivity (Wildman–Crippen MR) is 75.1 cm³/mol. The van der Waals surface area contributed by atoms with Crippen LogP contribution < -0.4 is 0 Å². The van der Waals surface area contributed by atoms with Crippen LogP contribution in [0.1, 0.15) is 0 Å². The average molecular weight is 309 g/mol. The molecule has 3 rings (SSSR count). The molecule has 0 spiro atoms. The number of hydrogen-bond acceptors (Lipinski definition) is 3. The quantitative estimate of drug-likeness (QED) is 0.679. The third-order valence-electron chi connectivity index (χ3n) is 2.70. The maximum absolute atomic E-state index is 13.6. The molecule has 1 aromatic heterocycles. The summed E-state index contributed by atoms with van der Waals surface area (Å²) < 4.78 is 19.1. The third-order valence-corrected chi connectivity index (χ3v) is 3.43. The molecule has 0 N–H and O–H groups in total. The van der Waals surface area contributed by atoms with E-state index in [9.17, 15) is 4.39 Å². The van der Waals surface area contributed by atoms with Crippen molar-refractivity contribution in [2.24, 2.45) is 0 Å². The van der Waals surface area contributed by atoms with E-state index in [-0.39, 0.29) is 17.3 Å². The largest absolute Gasteiger partial charge is 0.416 e. The summed E-state index contributed by atoms with van der Waals surface area (Å²) in [7, 11) is 0. The van der Waals surface area contributed by atoms with Gasteiger partial charge in [0, 0.05) is 5.56 Å². The van der Waals surface area contributed by atoms with Gasteiger partial charge >= 0.3 is 0 Å². The number of nitrogens with zero attached hydrogens (tertiary/aromatic N) is 2. The molecule has 0 fully saturated rings. The summed E-state index contributed by atoms with van der Waals surface area (Å²) in [5.41, 5.74) is 0.876. The number of aromatic nitrogens is 2. The molecular formula is C14H7Cl2FN2O. The fourth-order valence-corrected chi connectivity index (χ4v) is 2.01. The van der Waals surface area contributed by atoms with E-state index < -0.39 is 5.82 Å². The van der Waals surface area contributed by atoms with Crippen molar-refractivity contribution >= 4 is 23.2 Å². The second kappa shape index (κ2) is 5.23. The van der Waals surface area contributed by atoms with Gasteiger partial charge in [-0.15, -0.1) is 10.2 Å². The minimum absolute atomic E-state index is 0.115. The summed E-state index contributed by atoms with van der Waals surface area (Å²) >= 11 is 11.8. The van der Waals surface area contributed by atoms with Gasteiger partial charge in [0.2, 0.25) is 5.89 Å². The standard InChI is InChI=1S/C14H7Cl2FN2O/c15-10-6-5-8(7-11(10)16)13-18-19-14(20-13)9-3-1-2-4-12(9)17/h1-7H. The van der Waals surface area contributed by atoms with Crippen LogP contribution >= 0.6 is 23.2 Å². The normalized spacial score (nSPS) is 10.8. The summed E-state index contributed by atoms with van der Waals surface area (Å²) in [5.74, 6) is -0.0529. The van der Waals surface area contributed by atoms with Gasteiger partial charge in [-0.2, -0.15) is 0 Å². The Kier molecular flexibility index (Phi) is 3.42. The van der Waals surface area contributed by atoms with Crippen LogP contribution in [-0.4, -0.2) is 10.2 Å². The zero-order valence-corrected chi connectivity index (χ0v) is 11.5. The minimum Gasteiger partial charge on any atom is -0.416 e. The van der Waals surface area contributed by atoms with Crippen molar-refractivity contribution in [1.29, 1.82) is 0 Å². The molecule has 1 heterocycles. The molecule has 0 radical (unpaired) electrons. The average Bonchev–Trinajstić information content (AvgIpc) is 2.92. The van der Waals surface area contributed by atoms with Gasteiger partial charge in [0.15, 0.2) is 0 Å². The van der Waals surface area contributed by atoms with Crippen LogP contribution in [0.25, 0.3) is 22.9 Å². The lowest BCUT2D eigenvalue weighted by atomic mass is 10.2. The lowest BCUT2D eigenvalue weighted by molar-refractivity contribution is 0.570. The molecule has 0 unspecified atom stereocenters. The molecule has 0 aliphatic rings. The molecule has 100 valence electrons. The van der Waals surface area contributed by atoms with E-state index in [2.05, 4.69) is 10.2 Å². The number of rotatable bonds is 2. The van der Waals surface area contributed by atoms with Gasteiger partial charge in [-0.3, -0.25) is 0 Å². The van der Waals surface area contributed by atoms with E-state index in [0.717, 1.165) is 0 Å². The topological polar surface area (TPSA) is 38.9 Å². The van der Waals surface area contributed by atoms with Crippen LogP contribution in [-0.2, 0) is 0 Å². The third kappa shape index (κ3) is 2.40. The first-order chi connectivity index (χ1) is 9.65. The van der Waals surface area contributed by atoms with E-state index >= 15 is 0 Å². The highest BCUT2D eigenvalue weighted by molar-refractivity contribution is 6.42. The van der Waals surface area contributed by atoms with Crippen molar-refractivity contribution in [1.82, 2.24) is 10.2 Å². The van der Waals surface area contributed by atoms with E-state index in [0.29, 0.717) is 15.6 Å². The zero-order chi connectivity index (χ0) is 14.1. The molecule has 3 aromatic rings. The van der Waals surface area contributed by atoms with Gasteiger partial charge in [-0.05, 0) is 30.3 Å².